The van der Waals surface area contributed by atoms with Gasteiger partial charge in [-0.25, -0.2) is 19.9 Å². The highest BCUT2D eigenvalue weighted by Crippen LogP contribution is 2.35. The van der Waals surface area contributed by atoms with E-state index in [0.717, 1.165) is 46.7 Å². The van der Waals surface area contributed by atoms with Gasteiger partial charge in [0.15, 0.2) is 22.8 Å². The van der Waals surface area contributed by atoms with Gasteiger partial charge in [-0.2, -0.15) is 0 Å². The number of imidazole rings is 2. The molecule has 0 atom stereocenters. The highest BCUT2D eigenvalue weighted by molar-refractivity contribution is 6.07. The lowest BCUT2D eigenvalue weighted by atomic mass is 10.1. The van der Waals surface area contributed by atoms with Crippen LogP contribution >= 0.6 is 0 Å². The van der Waals surface area contributed by atoms with Crippen molar-refractivity contribution in [1.82, 2.24) is 29.9 Å². The minimum atomic E-state index is -0.622. The fourth-order valence-electron chi connectivity index (χ4n) is 6.40. The van der Waals surface area contributed by atoms with E-state index in [1.54, 1.807) is 13.2 Å². The largest absolute Gasteiger partial charge is 0.504 e. The summed E-state index contributed by atoms with van der Waals surface area (Å²) in [5.74, 6) is 0.159. The predicted molar refractivity (Wildman–Crippen MR) is 224 cm³/mol. The van der Waals surface area contributed by atoms with Crippen molar-refractivity contribution in [3.63, 3.8) is 0 Å². The van der Waals surface area contributed by atoms with Crippen LogP contribution in [0.25, 0.3) is 45.1 Å². The second-order valence-corrected chi connectivity index (χ2v) is 13.1. The molecule has 0 spiro atoms. The summed E-state index contributed by atoms with van der Waals surface area (Å²) < 4.78 is 5.21. The number of hydrogen-bond acceptors (Lipinski definition) is 11. The summed E-state index contributed by atoms with van der Waals surface area (Å²) in [7, 11) is 1.62. The Kier molecular flexibility index (Phi) is 10.9. The summed E-state index contributed by atoms with van der Waals surface area (Å²) in [4.78, 5) is 48.2. The Balaban J connectivity index is 0.000000177. The standard InChI is InChI=1S/C22H21N5O2.C21H19N5O3/c1-3-13-6-4-5-7-17(13)25-18-16(20(23)28)12-24-22-19(18)26-21(27-22)14-8-10-15(29-2)11-9-14;1-2-11-5-3-4-6-14(11)24-17-13(19(22)29)10-23-21-18(17)25-20(26-21)12-7-8-15(27)16(28)9-12/h4-12H,3H2,1-2H3,(H2,23,28)(H2,24,25,26,27);3-10,27-28H,2H2,1H3,(H2,22,29)(H2,23,24,25,26). The summed E-state index contributed by atoms with van der Waals surface area (Å²) >= 11 is 0. The zero-order chi connectivity index (χ0) is 40.9. The number of phenols is 2. The highest BCUT2D eigenvalue weighted by atomic mass is 16.5. The van der Waals surface area contributed by atoms with Crippen LogP contribution in [0.2, 0.25) is 0 Å². The summed E-state index contributed by atoms with van der Waals surface area (Å²) in [5.41, 5.74) is 20.1. The third kappa shape index (κ3) is 7.77. The molecular weight excluding hydrogens is 737 g/mol. The molecule has 0 aliphatic heterocycles. The van der Waals surface area contributed by atoms with Crippen molar-refractivity contribution in [2.75, 3.05) is 17.7 Å². The van der Waals surface area contributed by atoms with Crippen molar-refractivity contribution in [3.8, 4) is 40.0 Å². The molecule has 4 aromatic carbocycles. The number of phenolic OH excluding ortho intramolecular Hbond substituents is 2. The van der Waals surface area contributed by atoms with Gasteiger partial charge in [0.1, 0.15) is 28.4 Å². The van der Waals surface area contributed by atoms with Crippen LogP contribution in [0.3, 0.4) is 0 Å². The highest BCUT2D eigenvalue weighted by Gasteiger charge is 2.20. The number of primary amides is 2. The maximum absolute atomic E-state index is 12.0. The van der Waals surface area contributed by atoms with Crippen molar-refractivity contribution in [2.24, 2.45) is 11.5 Å². The van der Waals surface area contributed by atoms with Crippen LogP contribution in [0.5, 0.6) is 17.2 Å². The van der Waals surface area contributed by atoms with Crippen LogP contribution in [-0.4, -0.2) is 59.0 Å². The van der Waals surface area contributed by atoms with Crippen LogP contribution in [0.1, 0.15) is 45.7 Å². The Morgan fingerprint density at radius 3 is 1.57 bits per heavy atom. The number of ether oxygens (including phenoxy) is 1. The lowest BCUT2D eigenvalue weighted by molar-refractivity contribution is 0.0992. The predicted octanol–water partition coefficient (Wildman–Crippen LogP) is 7.48. The number of aromatic nitrogens is 6. The second kappa shape index (κ2) is 16.4. The average molecular weight is 777 g/mol. The lowest BCUT2D eigenvalue weighted by Crippen LogP contribution is -2.14. The summed E-state index contributed by atoms with van der Waals surface area (Å²) in [6.45, 7) is 4.12. The number of nitrogens with zero attached hydrogens (tertiary/aromatic N) is 4. The molecule has 0 saturated heterocycles. The normalized spacial score (nSPS) is 10.9. The number of rotatable bonds is 11. The van der Waals surface area contributed by atoms with Crippen LogP contribution in [0, 0.1) is 0 Å². The van der Waals surface area contributed by atoms with E-state index in [1.807, 2.05) is 79.7 Å². The molecule has 0 radical (unpaired) electrons. The van der Waals surface area contributed by atoms with E-state index in [2.05, 4.69) is 42.5 Å². The molecule has 4 aromatic heterocycles. The van der Waals surface area contributed by atoms with Gasteiger partial charge in [-0.15, -0.1) is 0 Å². The molecule has 0 unspecified atom stereocenters. The van der Waals surface area contributed by atoms with Crippen LogP contribution < -0.4 is 26.8 Å². The van der Waals surface area contributed by atoms with E-state index < -0.39 is 11.8 Å². The van der Waals surface area contributed by atoms with Crippen LogP contribution in [0.4, 0.5) is 22.7 Å². The zero-order valence-electron chi connectivity index (χ0n) is 31.8. The number of aromatic hydroxyl groups is 2. The van der Waals surface area contributed by atoms with Crippen molar-refractivity contribution in [3.05, 3.63) is 126 Å². The molecule has 0 aliphatic rings. The number of nitrogens with two attached hydrogens (primary N) is 2. The molecule has 292 valence electrons. The molecule has 10 N–H and O–H groups in total. The second-order valence-electron chi connectivity index (χ2n) is 13.1. The van der Waals surface area contributed by atoms with Crippen molar-refractivity contribution >= 4 is 56.9 Å². The summed E-state index contributed by atoms with van der Waals surface area (Å²) in [5, 5.41) is 26.0. The molecule has 0 fully saturated rings. The van der Waals surface area contributed by atoms with Gasteiger partial charge in [0.25, 0.3) is 11.8 Å². The number of pyridine rings is 2. The maximum Gasteiger partial charge on any atom is 0.252 e. The lowest BCUT2D eigenvalue weighted by Gasteiger charge is -2.13. The molecule has 4 heterocycles. The minimum Gasteiger partial charge on any atom is -0.504 e. The zero-order valence-corrected chi connectivity index (χ0v) is 31.8. The monoisotopic (exact) mass is 776 g/mol. The number of aryl methyl sites for hydroxylation is 2. The third-order valence-corrected chi connectivity index (χ3v) is 9.49. The number of benzene rings is 4. The van der Waals surface area contributed by atoms with Gasteiger partial charge in [-0.1, -0.05) is 50.2 Å². The fraction of sp³-hybridized carbons (Fsp3) is 0.116. The van der Waals surface area contributed by atoms with E-state index in [4.69, 9.17) is 21.2 Å². The van der Waals surface area contributed by atoms with Crippen molar-refractivity contribution < 1.29 is 24.5 Å². The number of aromatic amines is 2. The average Bonchev–Trinajstić information content (AvgIpc) is 3.88. The van der Waals surface area contributed by atoms with Gasteiger partial charge in [-0.05, 0) is 78.6 Å². The number of H-pyrrole nitrogens is 2. The first kappa shape index (κ1) is 38.3. The van der Waals surface area contributed by atoms with E-state index in [-0.39, 0.29) is 22.6 Å². The van der Waals surface area contributed by atoms with Crippen molar-refractivity contribution in [2.45, 2.75) is 26.7 Å². The maximum atomic E-state index is 12.0. The molecule has 8 rings (SSSR count). The van der Waals surface area contributed by atoms with Gasteiger partial charge in [-0.3, -0.25) is 9.59 Å². The van der Waals surface area contributed by atoms with Crippen LogP contribution in [-0.2, 0) is 12.8 Å². The molecule has 15 nitrogen and oxygen atoms in total. The molecule has 8 aromatic rings. The Morgan fingerprint density at radius 1 is 0.655 bits per heavy atom. The number of carbonyl (C=O) groups excluding carboxylic acids is 2. The first-order valence-electron chi connectivity index (χ1n) is 18.3. The number of nitrogens with one attached hydrogen (secondary N) is 4. The Morgan fingerprint density at radius 2 is 1.12 bits per heavy atom. The molecule has 2 amide bonds. The number of para-hydroxylation sites is 2. The SMILES string of the molecule is CCc1ccccc1Nc1c(C(N)=O)cnc2[nH]c(-c3ccc(O)c(O)c3)nc12.CCc1ccccc1Nc1c(C(N)=O)cnc2[nH]c(-c3ccc(OC)cc3)nc12. The fourth-order valence-corrected chi connectivity index (χ4v) is 6.40. The van der Waals surface area contributed by atoms with Gasteiger partial charge >= 0.3 is 0 Å². The van der Waals surface area contributed by atoms with Gasteiger partial charge < -0.3 is 47.0 Å². The molecule has 15 heteroatoms. The number of carbonyl (C=O) groups is 2. The Hall–Kier alpha value is -7.94. The number of anilines is 4. The molecule has 0 saturated carbocycles. The smallest absolute Gasteiger partial charge is 0.252 e. The van der Waals surface area contributed by atoms with Gasteiger partial charge in [0.2, 0.25) is 0 Å². The summed E-state index contributed by atoms with van der Waals surface area (Å²) in [6, 6.07) is 27.6. The first-order valence-corrected chi connectivity index (χ1v) is 18.3. The van der Waals surface area contributed by atoms with E-state index in [9.17, 15) is 19.8 Å². The number of fused-ring (bicyclic) bond motifs is 2. The van der Waals surface area contributed by atoms with Crippen molar-refractivity contribution in [1.29, 1.82) is 0 Å². The minimum absolute atomic E-state index is 0.218. The van der Waals surface area contributed by atoms with E-state index in [1.165, 1.54) is 24.5 Å². The Labute approximate surface area is 332 Å². The number of hydrogen-bond donors (Lipinski definition) is 8. The van der Waals surface area contributed by atoms with Gasteiger partial charge in [0.05, 0.1) is 29.6 Å². The van der Waals surface area contributed by atoms with Gasteiger partial charge in [0, 0.05) is 34.9 Å². The van der Waals surface area contributed by atoms with Crippen LogP contribution in [0.15, 0.2) is 103 Å². The summed E-state index contributed by atoms with van der Waals surface area (Å²) in [6.07, 6.45) is 4.53. The number of amides is 2. The van der Waals surface area contributed by atoms with E-state index in [0.29, 0.717) is 50.9 Å². The molecule has 0 aliphatic carbocycles. The molecule has 58 heavy (non-hydrogen) atoms. The van der Waals surface area contributed by atoms with E-state index >= 15 is 0 Å². The quantitative estimate of drug-likeness (QED) is 0.0599. The topological polar surface area (TPSA) is 243 Å². The first-order chi connectivity index (χ1) is 28.1. The third-order valence-electron chi connectivity index (χ3n) is 9.49. The number of methoxy groups -OCH3 is 1. The molecular formula is C43H40N10O5. The Bertz CT molecular complexity index is 2800. The molecule has 0 bridgehead atoms.